The zero-order valence-corrected chi connectivity index (χ0v) is 13.4. The summed E-state index contributed by atoms with van der Waals surface area (Å²) in [6.07, 6.45) is 3.24. The summed E-state index contributed by atoms with van der Waals surface area (Å²) in [4.78, 5) is 29.3. The molecule has 0 radical (unpaired) electrons. The number of hydrogen-bond acceptors (Lipinski definition) is 5. The zero-order chi connectivity index (χ0) is 18.1. The number of nitro benzene ring substituents is 1. The molecule has 0 spiro atoms. The molecular weight excluding hydrogens is 324 g/mol. The number of aliphatic carboxylic acids is 1. The molecule has 0 amide bonds. The molecule has 1 unspecified atom stereocenters. The van der Waals surface area contributed by atoms with E-state index in [1.165, 1.54) is 6.07 Å². The highest BCUT2D eigenvalue weighted by atomic mass is 16.6. The first-order chi connectivity index (χ1) is 11.9. The molecular formula is C17H16N4O4. The Labute approximate surface area is 142 Å². The second kappa shape index (κ2) is 6.33. The summed E-state index contributed by atoms with van der Waals surface area (Å²) in [5, 5.41) is 21.1. The molecule has 0 saturated carbocycles. The smallest absolute Gasteiger partial charge is 0.320 e. The van der Waals surface area contributed by atoms with E-state index in [9.17, 15) is 14.9 Å². The average molecular weight is 340 g/mol. The van der Waals surface area contributed by atoms with Gasteiger partial charge in [-0.25, -0.2) is 0 Å². The van der Waals surface area contributed by atoms with E-state index in [2.05, 4.69) is 9.97 Å². The highest BCUT2D eigenvalue weighted by Crippen LogP contribution is 2.36. The van der Waals surface area contributed by atoms with Crippen LogP contribution in [0, 0.1) is 17.0 Å². The van der Waals surface area contributed by atoms with E-state index >= 15 is 0 Å². The van der Waals surface area contributed by atoms with Crippen LogP contribution in [0.2, 0.25) is 0 Å². The predicted octanol–water partition coefficient (Wildman–Crippen LogP) is 2.40. The van der Waals surface area contributed by atoms with Crippen molar-refractivity contribution in [1.29, 1.82) is 0 Å². The van der Waals surface area contributed by atoms with Gasteiger partial charge in [-0.3, -0.25) is 19.9 Å². The minimum absolute atomic E-state index is 0.0105. The number of nitrogens with zero attached hydrogens (tertiary/aromatic N) is 2. The molecule has 4 N–H and O–H groups in total. The lowest BCUT2D eigenvalue weighted by Gasteiger charge is -2.07. The number of H-pyrrole nitrogens is 1. The van der Waals surface area contributed by atoms with E-state index in [-0.39, 0.29) is 12.1 Å². The number of aryl methyl sites for hydroxylation is 1. The highest BCUT2D eigenvalue weighted by Gasteiger charge is 2.24. The minimum atomic E-state index is -1.15. The first-order valence-electron chi connectivity index (χ1n) is 7.57. The molecule has 3 aromatic rings. The molecule has 0 aliphatic carbocycles. The van der Waals surface area contributed by atoms with E-state index in [1.54, 1.807) is 37.5 Å². The second-order valence-corrected chi connectivity index (χ2v) is 5.79. The highest BCUT2D eigenvalue weighted by molar-refractivity contribution is 5.97. The Balaban J connectivity index is 2.23. The number of rotatable bonds is 5. The van der Waals surface area contributed by atoms with Gasteiger partial charge < -0.3 is 15.8 Å². The Morgan fingerprint density at radius 1 is 1.36 bits per heavy atom. The van der Waals surface area contributed by atoms with Crippen LogP contribution in [0.4, 0.5) is 5.69 Å². The lowest BCUT2D eigenvalue weighted by atomic mass is 9.99. The predicted molar refractivity (Wildman–Crippen MR) is 92.2 cm³/mol. The Morgan fingerprint density at radius 3 is 2.64 bits per heavy atom. The van der Waals surface area contributed by atoms with Crippen molar-refractivity contribution in [2.75, 3.05) is 0 Å². The quantitative estimate of drug-likeness (QED) is 0.482. The van der Waals surface area contributed by atoms with Crippen LogP contribution in [-0.4, -0.2) is 32.0 Å². The number of nitrogens with one attached hydrogen (secondary N) is 1. The summed E-state index contributed by atoms with van der Waals surface area (Å²) in [5.74, 6) is -1.15. The van der Waals surface area contributed by atoms with Crippen molar-refractivity contribution in [3.63, 3.8) is 0 Å². The Kier molecular flexibility index (Phi) is 4.20. The molecule has 2 aromatic heterocycles. The van der Waals surface area contributed by atoms with Crippen molar-refractivity contribution in [2.24, 2.45) is 5.73 Å². The lowest BCUT2D eigenvalue weighted by molar-refractivity contribution is -0.383. The maximum absolute atomic E-state index is 11.6. The van der Waals surface area contributed by atoms with Crippen molar-refractivity contribution in [3.8, 4) is 11.1 Å². The third-order valence-electron chi connectivity index (χ3n) is 4.15. The van der Waals surface area contributed by atoms with Gasteiger partial charge in [0, 0.05) is 30.6 Å². The molecule has 0 bridgehead atoms. The SMILES string of the molecule is Cc1[nH]c2cc(-c3ccncc3)cc([N+](=O)[O-])c2c1CC(N)C(=O)O. The molecule has 8 heteroatoms. The Hall–Kier alpha value is -3.26. The molecule has 128 valence electrons. The number of pyridine rings is 1. The van der Waals surface area contributed by atoms with Crippen LogP contribution in [0.5, 0.6) is 0 Å². The van der Waals surface area contributed by atoms with Crippen LogP contribution in [0.25, 0.3) is 22.0 Å². The van der Waals surface area contributed by atoms with Crippen LogP contribution in [-0.2, 0) is 11.2 Å². The van der Waals surface area contributed by atoms with E-state index in [0.29, 0.717) is 27.7 Å². The third-order valence-corrected chi connectivity index (χ3v) is 4.15. The number of nitro groups is 1. The van der Waals surface area contributed by atoms with Crippen molar-refractivity contribution in [2.45, 2.75) is 19.4 Å². The Morgan fingerprint density at radius 2 is 2.04 bits per heavy atom. The summed E-state index contributed by atoms with van der Waals surface area (Å²) in [6.45, 7) is 1.75. The van der Waals surface area contributed by atoms with E-state index < -0.39 is 16.9 Å². The average Bonchev–Trinajstić information content (AvgIpc) is 2.90. The molecule has 1 aromatic carbocycles. The molecule has 1 atom stereocenters. The number of carboxylic acid groups (broad SMARTS) is 1. The molecule has 0 aliphatic rings. The topological polar surface area (TPSA) is 135 Å². The fraction of sp³-hybridized carbons (Fsp3) is 0.176. The van der Waals surface area contributed by atoms with E-state index in [0.717, 1.165) is 5.56 Å². The third kappa shape index (κ3) is 3.07. The first-order valence-corrected chi connectivity index (χ1v) is 7.57. The number of fused-ring (bicyclic) bond motifs is 1. The number of aromatic nitrogens is 2. The van der Waals surface area contributed by atoms with Gasteiger partial charge in [-0.05, 0) is 41.8 Å². The normalized spacial score (nSPS) is 12.2. The second-order valence-electron chi connectivity index (χ2n) is 5.79. The first kappa shape index (κ1) is 16.6. The lowest BCUT2D eigenvalue weighted by Crippen LogP contribution is -2.32. The van der Waals surface area contributed by atoms with Gasteiger partial charge in [-0.2, -0.15) is 0 Å². The van der Waals surface area contributed by atoms with Crippen molar-refractivity contribution < 1.29 is 14.8 Å². The molecule has 2 heterocycles. The molecule has 0 aliphatic heterocycles. The number of carbonyl (C=O) groups is 1. The van der Waals surface area contributed by atoms with Gasteiger partial charge in [0.2, 0.25) is 0 Å². The van der Waals surface area contributed by atoms with E-state index in [4.69, 9.17) is 10.8 Å². The summed E-state index contributed by atoms with van der Waals surface area (Å²) in [6, 6.07) is 5.70. The number of hydrogen-bond donors (Lipinski definition) is 3. The van der Waals surface area contributed by atoms with Gasteiger partial charge in [-0.15, -0.1) is 0 Å². The van der Waals surface area contributed by atoms with Gasteiger partial charge in [-0.1, -0.05) is 0 Å². The Bertz CT molecular complexity index is 966. The number of benzene rings is 1. The zero-order valence-electron chi connectivity index (χ0n) is 13.4. The standard InChI is InChI=1S/C17H16N4O4/c1-9-12(8-13(18)17(22)23)16-14(20-9)6-11(7-15(16)21(24)25)10-2-4-19-5-3-10/h2-7,13,20H,8,18H2,1H3,(H,22,23). The number of aromatic amines is 1. The molecule has 3 rings (SSSR count). The van der Waals surface area contributed by atoms with Crippen LogP contribution in [0.3, 0.4) is 0 Å². The minimum Gasteiger partial charge on any atom is -0.480 e. The molecule has 0 saturated heterocycles. The molecule has 0 fully saturated rings. The largest absolute Gasteiger partial charge is 0.480 e. The molecule has 8 nitrogen and oxygen atoms in total. The van der Waals surface area contributed by atoms with Crippen LogP contribution < -0.4 is 5.73 Å². The van der Waals surface area contributed by atoms with Crippen LogP contribution in [0.15, 0.2) is 36.7 Å². The molecule has 25 heavy (non-hydrogen) atoms. The van der Waals surface area contributed by atoms with Crippen molar-refractivity contribution in [1.82, 2.24) is 9.97 Å². The number of non-ortho nitro benzene ring substituents is 1. The summed E-state index contributed by atoms with van der Waals surface area (Å²) in [5.41, 5.74) is 8.82. The number of carboxylic acids is 1. The fourth-order valence-electron chi connectivity index (χ4n) is 2.92. The van der Waals surface area contributed by atoms with Gasteiger partial charge >= 0.3 is 5.97 Å². The summed E-state index contributed by atoms with van der Waals surface area (Å²) >= 11 is 0. The van der Waals surface area contributed by atoms with Crippen LogP contribution in [0.1, 0.15) is 11.3 Å². The fourth-order valence-corrected chi connectivity index (χ4v) is 2.92. The summed E-state index contributed by atoms with van der Waals surface area (Å²) in [7, 11) is 0. The summed E-state index contributed by atoms with van der Waals surface area (Å²) < 4.78 is 0. The monoisotopic (exact) mass is 340 g/mol. The van der Waals surface area contributed by atoms with Crippen LogP contribution >= 0.6 is 0 Å². The van der Waals surface area contributed by atoms with Gasteiger partial charge in [0.25, 0.3) is 5.69 Å². The number of nitrogens with two attached hydrogens (primary N) is 1. The van der Waals surface area contributed by atoms with Gasteiger partial charge in [0.15, 0.2) is 0 Å². The van der Waals surface area contributed by atoms with Crippen molar-refractivity contribution >= 4 is 22.6 Å². The van der Waals surface area contributed by atoms with Crippen molar-refractivity contribution in [3.05, 3.63) is 58.0 Å². The van der Waals surface area contributed by atoms with E-state index in [1.807, 2.05) is 0 Å². The van der Waals surface area contributed by atoms with Gasteiger partial charge in [0.1, 0.15) is 6.04 Å². The maximum atomic E-state index is 11.6. The van der Waals surface area contributed by atoms with Gasteiger partial charge in [0.05, 0.1) is 15.8 Å². The maximum Gasteiger partial charge on any atom is 0.320 e.